The number of hydrogen-bond acceptors (Lipinski definition) is 4. The van der Waals surface area contributed by atoms with Crippen molar-refractivity contribution in [1.82, 2.24) is 10.3 Å². The molecule has 118 valence electrons. The number of thiazole rings is 1. The highest BCUT2D eigenvalue weighted by atomic mass is 32.1. The van der Waals surface area contributed by atoms with Crippen molar-refractivity contribution in [3.63, 3.8) is 0 Å². The predicted molar refractivity (Wildman–Crippen MR) is 91.1 cm³/mol. The van der Waals surface area contributed by atoms with Crippen LogP contribution in [0.5, 0.6) is 0 Å². The first-order chi connectivity index (χ1) is 10.8. The molecule has 0 saturated heterocycles. The first-order valence-corrected chi connectivity index (χ1v) is 9.01. The fourth-order valence-electron chi connectivity index (χ4n) is 3.16. The van der Waals surface area contributed by atoms with Crippen LogP contribution >= 0.6 is 11.3 Å². The second-order valence-corrected chi connectivity index (χ2v) is 7.16. The van der Waals surface area contributed by atoms with E-state index in [4.69, 9.17) is 4.98 Å². The summed E-state index contributed by atoms with van der Waals surface area (Å²) in [6, 6.07) is 10.6. The van der Waals surface area contributed by atoms with Gasteiger partial charge in [0.1, 0.15) is 0 Å². The SMILES string of the molecule is OCC1(NCc2csc(CCc3ccccc3)n2)CCCC1. The van der Waals surface area contributed by atoms with Crippen LogP contribution in [0.4, 0.5) is 0 Å². The van der Waals surface area contributed by atoms with E-state index in [-0.39, 0.29) is 12.1 Å². The molecule has 0 amide bonds. The molecule has 0 unspecified atom stereocenters. The zero-order valence-electron chi connectivity index (χ0n) is 12.9. The highest BCUT2D eigenvalue weighted by Gasteiger charge is 2.32. The molecule has 0 aliphatic heterocycles. The summed E-state index contributed by atoms with van der Waals surface area (Å²) in [4.78, 5) is 4.73. The molecule has 22 heavy (non-hydrogen) atoms. The van der Waals surface area contributed by atoms with Gasteiger partial charge < -0.3 is 10.4 Å². The Morgan fingerprint density at radius 2 is 1.91 bits per heavy atom. The van der Waals surface area contributed by atoms with E-state index in [0.29, 0.717) is 0 Å². The van der Waals surface area contributed by atoms with Crippen molar-refractivity contribution < 1.29 is 5.11 Å². The molecule has 0 spiro atoms. The molecule has 0 atom stereocenters. The molecule has 2 aromatic rings. The Bertz CT molecular complexity index is 576. The Morgan fingerprint density at radius 1 is 1.14 bits per heavy atom. The lowest BCUT2D eigenvalue weighted by molar-refractivity contribution is 0.162. The molecule has 1 fully saturated rings. The largest absolute Gasteiger partial charge is 0.394 e. The number of rotatable bonds is 7. The number of aliphatic hydroxyl groups excluding tert-OH is 1. The first kappa shape index (κ1) is 15.7. The van der Waals surface area contributed by atoms with Crippen LogP contribution in [0.25, 0.3) is 0 Å². The highest BCUT2D eigenvalue weighted by Crippen LogP contribution is 2.29. The monoisotopic (exact) mass is 316 g/mol. The van der Waals surface area contributed by atoms with Gasteiger partial charge in [-0.25, -0.2) is 4.98 Å². The Morgan fingerprint density at radius 3 is 2.64 bits per heavy atom. The van der Waals surface area contributed by atoms with Gasteiger partial charge in [0, 0.05) is 23.9 Å². The lowest BCUT2D eigenvalue weighted by atomic mass is 9.99. The standard InChI is InChI=1S/C18H24N2OS/c21-14-18(10-4-5-11-18)19-12-16-13-22-17(20-16)9-8-15-6-2-1-3-7-15/h1-3,6-7,13,19,21H,4-5,8-12,14H2. The van der Waals surface area contributed by atoms with E-state index in [2.05, 4.69) is 41.0 Å². The normalized spacial score (nSPS) is 17.0. The van der Waals surface area contributed by atoms with Crippen LogP contribution in [0.2, 0.25) is 0 Å². The third-order valence-electron chi connectivity index (χ3n) is 4.58. The molecule has 1 heterocycles. The van der Waals surface area contributed by atoms with Gasteiger partial charge in [0.2, 0.25) is 0 Å². The maximum atomic E-state index is 9.63. The van der Waals surface area contributed by atoms with Crippen molar-refractivity contribution in [2.24, 2.45) is 0 Å². The maximum absolute atomic E-state index is 9.63. The fraction of sp³-hybridized carbons (Fsp3) is 0.500. The summed E-state index contributed by atoms with van der Waals surface area (Å²) < 4.78 is 0. The Labute approximate surface area is 136 Å². The number of aromatic nitrogens is 1. The van der Waals surface area contributed by atoms with Crippen LogP contribution in [-0.4, -0.2) is 22.2 Å². The second-order valence-electron chi connectivity index (χ2n) is 6.22. The van der Waals surface area contributed by atoms with Crippen LogP contribution in [0.15, 0.2) is 35.7 Å². The summed E-state index contributed by atoms with van der Waals surface area (Å²) in [5.74, 6) is 0. The molecule has 3 nitrogen and oxygen atoms in total. The zero-order valence-corrected chi connectivity index (χ0v) is 13.7. The molecular weight excluding hydrogens is 292 g/mol. The molecule has 4 heteroatoms. The van der Waals surface area contributed by atoms with Gasteiger partial charge in [-0.1, -0.05) is 43.2 Å². The quantitative estimate of drug-likeness (QED) is 0.823. The number of aryl methyl sites for hydroxylation is 2. The number of hydrogen-bond donors (Lipinski definition) is 2. The zero-order chi connectivity index (χ0) is 15.3. The summed E-state index contributed by atoms with van der Waals surface area (Å²) in [5.41, 5.74) is 2.41. The number of benzene rings is 1. The molecular formula is C18H24N2OS. The molecule has 1 saturated carbocycles. The first-order valence-electron chi connectivity index (χ1n) is 8.13. The van der Waals surface area contributed by atoms with Gasteiger partial charge >= 0.3 is 0 Å². The van der Waals surface area contributed by atoms with Crippen LogP contribution in [-0.2, 0) is 19.4 Å². The van der Waals surface area contributed by atoms with Gasteiger partial charge in [-0.3, -0.25) is 0 Å². The van der Waals surface area contributed by atoms with Gasteiger partial charge in [0.05, 0.1) is 17.3 Å². The van der Waals surface area contributed by atoms with Crippen molar-refractivity contribution in [1.29, 1.82) is 0 Å². The summed E-state index contributed by atoms with van der Waals surface area (Å²) in [6.07, 6.45) is 6.63. The van der Waals surface area contributed by atoms with Crippen molar-refractivity contribution >= 4 is 11.3 Å². The molecule has 0 bridgehead atoms. The van der Waals surface area contributed by atoms with E-state index >= 15 is 0 Å². The molecule has 0 radical (unpaired) electrons. The average molecular weight is 316 g/mol. The van der Waals surface area contributed by atoms with Gasteiger partial charge in [0.15, 0.2) is 0 Å². The van der Waals surface area contributed by atoms with Gasteiger partial charge in [0.25, 0.3) is 0 Å². The van der Waals surface area contributed by atoms with Crippen molar-refractivity contribution in [2.45, 2.75) is 50.6 Å². The lowest BCUT2D eigenvalue weighted by Crippen LogP contribution is -2.45. The topological polar surface area (TPSA) is 45.1 Å². The minimum Gasteiger partial charge on any atom is -0.394 e. The van der Waals surface area contributed by atoms with Gasteiger partial charge in [-0.05, 0) is 24.8 Å². The number of aliphatic hydroxyl groups is 1. The Balaban J connectivity index is 1.51. The van der Waals surface area contributed by atoms with Crippen LogP contribution in [0.3, 0.4) is 0 Å². The molecule has 3 rings (SSSR count). The maximum Gasteiger partial charge on any atom is 0.0932 e. The molecule has 1 aromatic carbocycles. The van der Waals surface area contributed by atoms with Crippen molar-refractivity contribution in [3.8, 4) is 0 Å². The average Bonchev–Trinajstić information content (AvgIpc) is 3.22. The highest BCUT2D eigenvalue weighted by molar-refractivity contribution is 7.09. The molecule has 1 aliphatic carbocycles. The summed E-state index contributed by atoms with van der Waals surface area (Å²) in [6.45, 7) is 1.00. The molecule has 1 aromatic heterocycles. The molecule has 1 aliphatic rings. The van der Waals surface area contributed by atoms with E-state index < -0.39 is 0 Å². The fourth-order valence-corrected chi connectivity index (χ4v) is 3.96. The summed E-state index contributed by atoms with van der Waals surface area (Å²) >= 11 is 1.74. The van der Waals surface area contributed by atoms with E-state index in [1.807, 2.05) is 0 Å². The number of nitrogens with one attached hydrogen (secondary N) is 1. The van der Waals surface area contributed by atoms with E-state index in [9.17, 15) is 5.11 Å². The predicted octanol–water partition coefficient (Wildman–Crippen LogP) is 3.32. The van der Waals surface area contributed by atoms with E-state index in [1.165, 1.54) is 23.4 Å². The summed E-state index contributed by atoms with van der Waals surface area (Å²) in [7, 11) is 0. The number of nitrogens with zero attached hydrogens (tertiary/aromatic N) is 1. The Hall–Kier alpha value is -1.23. The van der Waals surface area contributed by atoms with Crippen LogP contribution < -0.4 is 5.32 Å². The van der Waals surface area contributed by atoms with Crippen LogP contribution in [0, 0.1) is 0 Å². The minimum absolute atomic E-state index is 0.0617. The summed E-state index contributed by atoms with van der Waals surface area (Å²) in [5, 5.41) is 16.5. The van der Waals surface area contributed by atoms with Crippen molar-refractivity contribution in [2.75, 3.05) is 6.61 Å². The Kier molecular flexibility index (Phi) is 5.24. The molecule has 2 N–H and O–H groups in total. The second kappa shape index (κ2) is 7.36. The van der Waals surface area contributed by atoms with Crippen molar-refractivity contribution in [3.05, 3.63) is 52.0 Å². The lowest BCUT2D eigenvalue weighted by Gasteiger charge is -2.27. The van der Waals surface area contributed by atoms with E-state index in [0.717, 1.165) is 37.9 Å². The van der Waals surface area contributed by atoms with E-state index in [1.54, 1.807) is 11.3 Å². The van der Waals surface area contributed by atoms with Crippen LogP contribution in [0.1, 0.15) is 41.9 Å². The smallest absolute Gasteiger partial charge is 0.0932 e. The van der Waals surface area contributed by atoms with Gasteiger partial charge in [-0.2, -0.15) is 0 Å². The third-order valence-corrected chi connectivity index (χ3v) is 5.53. The third kappa shape index (κ3) is 3.94. The van der Waals surface area contributed by atoms with Gasteiger partial charge in [-0.15, -0.1) is 11.3 Å². The minimum atomic E-state index is -0.0617.